The molecule has 2 aliphatic rings. The van der Waals surface area contributed by atoms with E-state index in [1.807, 2.05) is 18.8 Å². The summed E-state index contributed by atoms with van der Waals surface area (Å²) in [6.07, 6.45) is 2.43. The first-order chi connectivity index (χ1) is 12.6. The number of rotatable bonds is 8. The molecule has 160 valence electrons. The van der Waals surface area contributed by atoms with Crippen molar-refractivity contribution in [2.75, 3.05) is 65.3 Å². The maximum absolute atomic E-state index is 5.93. The number of halogens is 1. The van der Waals surface area contributed by atoms with Crippen LogP contribution in [0.5, 0.6) is 0 Å². The van der Waals surface area contributed by atoms with Gasteiger partial charge in [-0.2, -0.15) is 11.8 Å². The van der Waals surface area contributed by atoms with Gasteiger partial charge in [-0.15, -0.1) is 24.0 Å². The highest BCUT2D eigenvalue weighted by atomic mass is 127. The molecule has 27 heavy (non-hydrogen) atoms. The van der Waals surface area contributed by atoms with Gasteiger partial charge in [-0.25, -0.2) is 0 Å². The zero-order valence-electron chi connectivity index (χ0n) is 17.5. The van der Waals surface area contributed by atoms with Crippen LogP contribution in [0.4, 0.5) is 0 Å². The average Bonchev–Trinajstić information content (AvgIpc) is 2.63. The first-order valence-corrected chi connectivity index (χ1v) is 11.1. The Bertz CT molecular complexity index is 428. The molecule has 0 aromatic heterocycles. The molecular formula is C19H39IN4O2S. The summed E-state index contributed by atoms with van der Waals surface area (Å²) < 4.78 is 11.8. The van der Waals surface area contributed by atoms with Crippen molar-refractivity contribution >= 4 is 41.7 Å². The zero-order chi connectivity index (χ0) is 18.8. The van der Waals surface area contributed by atoms with Gasteiger partial charge in [0, 0.05) is 57.7 Å². The van der Waals surface area contributed by atoms with Crippen LogP contribution in [-0.4, -0.2) is 87.1 Å². The van der Waals surface area contributed by atoms with E-state index in [0.29, 0.717) is 5.92 Å². The highest BCUT2D eigenvalue weighted by Gasteiger charge is 2.32. The number of thioether (sulfide) groups is 1. The molecular weight excluding hydrogens is 475 g/mol. The molecule has 2 heterocycles. The standard InChI is InChI=1S/C19H38N4O2S.HI/c1-5-26-19(6-9-24-10-7-19)15-22-18(20-4)21-12-17-14-23(8-11-25-17)13-16(2)3;/h16-17H,5-15H2,1-4H3,(H2,20,21,22);1H. The van der Waals surface area contributed by atoms with Crippen molar-refractivity contribution in [3.05, 3.63) is 0 Å². The molecule has 2 N–H and O–H groups in total. The lowest BCUT2D eigenvalue weighted by molar-refractivity contribution is -0.0284. The quantitative estimate of drug-likeness (QED) is 0.295. The Morgan fingerprint density at radius 2 is 2.00 bits per heavy atom. The lowest BCUT2D eigenvalue weighted by Gasteiger charge is -2.37. The lowest BCUT2D eigenvalue weighted by Crippen LogP contribution is -2.52. The summed E-state index contributed by atoms with van der Waals surface area (Å²) in [6.45, 7) is 14.2. The van der Waals surface area contributed by atoms with Crippen LogP contribution < -0.4 is 10.6 Å². The minimum Gasteiger partial charge on any atom is -0.381 e. The minimum atomic E-state index is 0. The van der Waals surface area contributed by atoms with E-state index in [2.05, 4.69) is 41.3 Å². The zero-order valence-corrected chi connectivity index (χ0v) is 20.6. The smallest absolute Gasteiger partial charge is 0.191 e. The van der Waals surface area contributed by atoms with Gasteiger partial charge in [0.1, 0.15) is 0 Å². The van der Waals surface area contributed by atoms with E-state index >= 15 is 0 Å². The van der Waals surface area contributed by atoms with Crippen molar-refractivity contribution in [3.63, 3.8) is 0 Å². The van der Waals surface area contributed by atoms with E-state index in [4.69, 9.17) is 9.47 Å². The maximum Gasteiger partial charge on any atom is 0.191 e. The molecule has 1 unspecified atom stereocenters. The Morgan fingerprint density at radius 1 is 1.26 bits per heavy atom. The van der Waals surface area contributed by atoms with Crippen molar-refractivity contribution in [1.29, 1.82) is 0 Å². The molecule has 0 aromatic rings. The van der Waals surface area contributed by atoms with Gasteiger partial charge in [-0.1, -0.05) is 20.8 Å². The number of ether oxygens (including phenoxy) is 2. The molecule has 0 saturated carbocycles. The molecule has 2 aliphatic heterocycles. The van der Waals surface area contributed by atoms with E-state index in [1.165, 1.54) is 0 Å². The van der Waals surface area contributed by atoms with Gasteiger partial charge in [0.2, 0.25) is 0 Å². The summed E-state index contributed by atoms with van der Waals surface area (Å²) in [5.74, 6) is 2.70. The molecule has 0 radical (unpaired) electrons. The molecule has 2 fully saturated rings. The molecule has 8 heteroatoms. The van der Waals surface area contributed by atoms with Crippen LogP contribution in [0.15, 0.2) is 4.99 Å². The third-order valence-corrected chi connectivity index (χ3v) is 6.45. The molecule has 0 aliphatic carbocycles. The average molecular weight is 515 g/mol. The fourth-order valence-electron chi connectivity index (χ4n) is 3.68. The largest absolute Gasteiger partial charge is 0.381 e. The van der Waals surface area contributed by atoms with Gasteiger partial charge in [0.25, 0.3) is 0 Å². The van der Waals surface area contributed by atoms with E-state index < -0.39 is 0 Å². The summed E-state index contributed by atoms with van der Waals surface area (Å²) in [4.78, 5) is 6.91. The predicted molar refractivity (Wildman–Crippen MR) is 127 cm³/mol. The number of hydrogen-bond donors (Lipinski definition) is 2. The molecule has 6 nitrogen and oxygen atoms in total. The Labute approximate surface area is 187 Å². The van der Waals surface area contributed by atoms with Crippen LogP contribution in [0.2, 0.25) is 0 Å². The van der Waals surface area contributed by atoms with Crippen molar-refractivity contribution in [2.24, 2.45) is 10.9 Å². The van der Waals surface area contributed by atoms with E-state index in [1.54, 1.807) is 0 Å². The van der Waals surface area contributed by atoms with E-state index in [-0.39, 0.29) is 34.8 Å². The second-order valence-electron chi connectivity index (χ2n) is 7.68. The normalized spacial score (nSPS) is 23.7. The summed E-state index contributed by atoms with van der Waals surface area (Å²) in [5.41, 5.74) is 0. The first kappa shape index (κ1) is 25.3. The summed E-state index contributed by atoms with van der Waals surface area (Å²) in [7, 11) is 1.84. The number of aliphatic imine (C=N–C) groups is 1. The molecule has 1 atom stereocenters. The molecule has 2 saturated heterocycles. The first-order valence-electron chi connectivity index (χ1n) is 10.1. The van der Waals surface area contributed by atoms with Gasteiger partial charge < -0.3 is 20.1 Å². The van der Waals surface area contributed by atoms with Crippen LogP contribution in [0.3, 0.4) is 0 Å². The van der Waals surface area contributed by atoms with Crippen LogP contribution in [0.1, 0.15) is 33.6 Å². The molecule has 0 aromatic carbocycles. The van der Waals surface area contributed by atoms with Crippen LogP contribution in [0.25, 0.3) is 0 Å². The van der Waals surface area contributed by atoms with Gasteiger partial charge in [0.05, 0.1) is 12.7 Å². The van der Waals surface area contributed by atoms with Gasteiger partial charge in [-0.05, 0) is 24.5 Å². The molecule has 0 bridgehead atoms. The van der Waals surface area contributed by atoms with Crippen LogP contribution in [0, 0.1) is 5.92 Å². The molecule has 0 spiro atoms. The number of guanidine groups is 1. The number of nitrogens with zero attached hydrogens (tertiary/aromatic N) is 2. The van der Waals surface area contributed by atoms with Gasteiger partial charge in [0.15, 0.2) is 5.96 Å². The SMILES string of the molecule is CCSC1(CNC(=NC)NCC2CN(CC(C)C)CCO2)CCOCC1.I. The Hall–Kier alpha value is 0.230. The van der Waals surface area contributed by atoms with E-state index in [0.717, 1.165) is 77.1 Å². The summed E-state index contributed by atoms with van der Waals surface area (Å²) in [6, 6.07) is 0. The second-order valence-corrected chi connectivity index (χ2v) is 9.41. The number of hydrogen-bond acceptors (Lipinski definition) is 5. The van der Waals surface area contributed by atoms with Crippen molar-refractivity contribution in [2.45, 2.75) is 44.5 Å². The highest BCUT2D eigenvalue weighted by molar-refractivity contribution is 14.0. The highest BCUT2D eigenvalue weighted by Crippen LogP contribution is 2.34. The monoisotopic (exact) mass is 514 g/mol. The Balaban J connectivity index is 0.00000364. The summed E-state index contributed by atoms with van der Waals surface area (Å²) in [5, 5.41) is 7.00. The van der Waals surface area contributed by atoms with Crippen LogP contribution >= 0.6 is 35.7 Å². The van der Waals surface area contributed by atoms with Gasteiger partial charge in [-0.3, -0.25) is 9.89 Å². The lowest BCUT2D eigenvalue weighted by atomic mass is 9.99. The number of nitrogens with one attached hydrogen (secondary N) is 2. The van der Waals surface area contributed by atoms with Crippen molar-refractivity contribution in [1.82, 2.24) is 15.5 Å². The third kappa shape index (κ3) is 9.06. The summed E-state index contributed by atoms with van der Waals surface area (Å²) >= 11 is 2.05. The molecule has 0 amide bonds. The maximum atomic E-state index is 5.93. The van der Waals surface area contributed by atoms with Crippen molar-refractivity contribution in [3.8, 4) is 0 Å². The van der Waals surface area contributed by atoms with Crippen molar-refractivity contribution < 1.29 is 9.47 Å². The van der Waals surface area contributed by atoms with Crippen LogP contribution in [-0.2, 0) is 9.47 Å². The topological polar surface area (TPSA) is 58.1 Å². The predicted octanol–water partition coefficient (Wildman–Crippen LogP) is 2.43. The molecule has 2 rings (SSSR count). The third-order valence-electron chi connectivity index (χ3n) is 5.00. The Morgan fingerprint density at radius 3 is 2.63 bits per heavy atom. The number of morpholine rings is 1. The Kier molecular flexibility index (Phi) is 12.6. The van der Waals surface area contributed by atoms with E-state index in [9.17, 15) is 0 Å². The van der Waals surface area contributed by atoms with Gasteiger partial charge >= 0.3 is 0 Å². The fourth-order valence-corrected chi connectivity index (χ4v) is 4.93. The fraction of sp³-hybridized carbons (Fsp3) is 0.947. The minimum absolute atomic E-state index is 0. The second kappa shape index (κ2) is 13.5.